The Labute approximate surface area is 104 Å². The van der Waals surface area contributed by atoms with E-state index in [9.17, 15) is 0 Å². The molecule has 5 heteroatoms. The summed E-state index contributed by atoms with van der Waals surface area (Å²) in [6, 6.07) is 14.2. The van der Waals surface area contributed by atoms with Crippen molar-refractivity contribution < 1.29 is 0 Å². The molecule has 0 unspecified atom stereocenters. The number of hydrogen-bond acceptors (Lipinski definition) is 3. The molecule has 4 N–H and O–H groups in total. The summed E-state index contributed by atoms with van der Waals surface area (Å²) >= 11 is 4.81. The number of benzene rings is 2. The standard InChI is InChI=1S/C12H12N4S/c13-15-12(17)16-14-8-10-6-3-5-9-4-1-2-7-11(9)10/h1-8H,13H2,(H2,15,16,17)/b14-8+. The Hall–Kier alpha value is -1.98. The molecule has 0 saturated carbocycles. The van der Waals surface area contributed by atoms with Crippen LogP contribution in [0.25, 0.3) is 10.8 Å². The van der Waals surface area contributed by atoms with Gasteiger partial charge in [0.2, 0.25) is 5.11 Å². The predicted octanol–water partition coefficient (Wildman–Crippen LogP) is 1.51. The van der Waals surface area contributed by atoms with Gasteiger partial charge in [0.1, 0.15) is 0 Å². The lowest BCUT2D eigenvalue weighted by atomic mass is 10.1. The molecule has 0 atom stereocenters. The smallest absolute Gasteiger partial charge is 0.201 e. The van der Waals surface area contributed by atoms with Gasteiger partial charge in [-0.05, 0) is 23.0 Å². The van der Waals surface area contributed by atoms with Crippen molar-refractivity contribution in [1.82, 2.24) is 10.9 Å². The van der Waals surface area contributed by atoms with Gasteiger partial charge < -0.3 is 0 Å². The molecule has 2 aromatic rings. The van der Waals surface area contributed by atoms with Gasteiger partial charge >= 0.3 is 0 Å². The third-order valence-corrected chi connectivity index (χ3v) is 2.53. The highest BCUT2D eigenvalue weighted by atomic mass is 32.1. The topological polar surface area (TPSA) is 62.4 Å². The molecule has 4 nitrogen and oxygen atoms in total. The number of thiocarbonyl (C=S) groups is 1. The summed E-state index contributed by atoms with van der Waals surface area (Å²) in [5.74, 6) is 5.11. The van der Waals surface area contributed by atoms with E-state index in [4.69, 9.17) is 18.1 Å². The van der Waals surface area contributed by atoms with Gasteiger partial charge in [-0.25, -0.2) is 5.84 Å². The maximum absolute atomic E-state index is 5.11. The van der Waals surface area contributed by atoms with E-state index in [1.807, 2.05) is 24.3 Å². The van der Waals surface area contributed by atoms with Crippen LogP contribution in [0.4, 0.5) is 0 Å². The monoisotopic (exact) mass is 244 g/mol. The van der Waals surface area contributed by atoms with Crippen molar-refractivity contribution in [1.29, 1.82) is 0 Å². The molecule has 86 valence electrons. The van der Waals surface area contributed by atoms with Crippen LogP contribution in [0.3, 0.4) is 0 Å². The SMILES string of the molecule is NNC(=S)N/N=C/c1cccc2ccccc12. The first kappa shape index (κ1) is 11.5. The average molecular weight is 244 g/mol. The normalized spacial score (nSPS) is 10.6. The zero-order valence-corrected chi connectivity index (χ0v) is 9.87. The molecule has 0 heterocycles. The summed E-state index contributed by atoms with van der Waals surface area (Å²) in [4.78, 5) is 0. The van der Waals surface area contributed by atoms with Gasteiger partial charge in [-0.1, -0.05) is 42.5 Å². The van der Waals surface area contributed by atoms with Crippen molar-refractivity contribution >= 4 is 34.3 Å². The van der Waals surface area contributed by atoms with E-state index < -0.39 is 0 Å². The van der Waals surface area contributed by atoms with Gasteiger partial charge in [0.15, 0.2) is 0 Å². The summed E-state index contributed by atoms with van der Waals surface area (Å²) in [7, 11) is 0. The van der Waals surface area contributed by atoms with Gasteiger partial charge in [-0.15, -0.1) is 0 Å². The summed E-state index contributed by atoms with van der Waals surface area (Å²) in [5, 5.41) is 6.61. The molecule has 0 radical (unpaired) electrons. The summed E-state index contributed by atoms with van der Waals surface area (Å²) < 4.78 is 0. The molecule has 0 aliphatic rings. The van der Waals surface area contributed by atoms with Crippen LogP contribution in [0.5, 0.6) is 0 Å². The van der Waals surface area contributed by atoms with Gasteiger partial charge in [0, 0.05) is 5.56 Å². The van der Waals surface area contributed by atoms with Gasteiger partial charge in [0.05, 0.1) is 6.21 Å². The molecule has 2 rings (SSSR count). The average Bonchev–Trinajstić information content (AvgIpc) is 2.39. The second kappa shape index (κ2) is 5.38. The fraction of sp³-hybridized carbons (Fsp3) is 0. The van der Waals surface area contributed by atoms with E-state index in [1.54, 1.807) is 6.21 Å². The second-order valence-electron chi connectivity index (χ2n) is 3.41. The van der Waals surface area contributed by atoms with E-state index in [1.165, 1.54) is 5.39 Å². The van der Waals surface area contributed by atoms with Gasteiger partial charge in [-0.2, -0.15) is 5.10 Å². The highest BCUT2D eigenvalue weighted by molar-refractivity contribution is 7.80. The number of rotatable bonds is 2. The van der Waals surface area contributed by atoms with Crippen LogP contribution in [-0.2, 0) is 0 Å². The fourth-order valence-electron chi connectivity index (χ4n) is 1.56. The zero-order chi connectivity index (χ0) is 12.1. The lowest BCUT2D eigenvalue weighted by Gasteiger charge is -2.02. The first-order valence-corrected chi connectivity index (χ1v) is 5.49. The summed E-state index contributed by atoms with van der Waals surface area (Å²) in [6.07, 6.45) is 1.71. The largest absolute Gasteiger partial charge is 0.300 e. The lowest BCUT2D eigenvalue weighted by molar-refractivity contribution is 0.930. The van der Waals surface area contributed by atoms with Crippen LogP contribution in [0, 0.1) is 0 Å². The Bertz CT molecular complexity index is 560. The van der Waals surface area contributed by atoms with Crippen LogP contribution in [0.1, 0.15) is 5.56 Å². The first-order valence-electron chi connectivity index (χ1n) is 5.08. The second-order valence-corrected chi connectivity index (χ2v) is 3.82. The Kier molecular flexibility index (Phi) is 3.64. The highest BCUT2D eigenvalue weighted by Crippen LogP contribution is 2.16. The molecule has 0 aliphatic heterocycles. The minimum Gasteiger partial charge on any atom is -0.300 e. The van der Waals surface area contributed by atoms with E-state index in [-0.39, 0.29) is 5.11 Å². The van der Waals surface area contributed by atoms with E-state index in [2.05, 4.69) is 34.2 Å². The first-order chi connectivity index (χ1) is 8.31. The molecule has 0 spiro atoms. The molecule has 0 amide bonds. The molecule has 0 aromatic heterocycles. The van der Waals surface area contributed by atoms with Crippen molar-refractivity contribution in [2.45, 2.75) is 0 Å². The number of nitrogens with one attached hydrogen (secondary N) is 2. The van der Waals surface area contributed by atoms with Crippen molar-refractivity contribution in [3.63, 3.8) is 0 Å². The Morgan fingerprint density at radius 2 is 1.94 bits per heavy atom. The van der Waals surface area contributed by atoms with E-state index in [0.29, 0.717) is 0 Å². The number of hydrazone groups is 1. The minimum atomic E-state index is 0.279. The number of nitrogens with two attached hydrogens (primary N) is 1. The third kappa shape index (κ3) is 2.77. The van der Waals surface area contributed by atoms with Crippen LogP contribution in [-0.4, -0.2) is 11.3 Å². The molecular formula is C12H12N4S. The molecule has 0 saturated heterocycles. The molecule has 0 aliphatic carbocycles. The molecule has 17 heavy (non-hydrogen) atoms. The molecular weight excluding hydrogens is 232 g/mol. The van der Waals surface area contributed by atoms with Crippen LogP contribution >= 0.6 is 12.2 Å². The van der Waals surface area contributed by atoms with Crippen LogP contribution in [0.2, 0.25) is 0 Å². The minimum absolute atomic E-state index is 0.279. The Morgan fingerprint density at radius 3 is 2.76 bits per heavy atom. The van der Waals surface area contributed by atoms with Gasteiger partial charge in [0.25, 0.3) is 0 Å². The van der Waals surface area contributed by atoms with Crippen molar-refractivity contribution in [3.8, 4) is 0 Å². The van der Waals surface area contributed by atoms with Crippen molar-refractivity contribution in [3.05, 3.63) is 48.0 Å². The van der Waals surface area contributed by atoms with Crippen LogP contribution in [0.15, 0.2) is 47.6 Å². The Morgan fingerprint density at radius 1 is 1.18 bits per heavy atom. The third-order valence-electron chi connectivity index (χ3n) is 2.32. The lowest BCUT2D eigenvalue weighted by Crippen LogP contribution is -2.37. The molecule has 2 aromatic carbocycles. The molecule has 0 bridgehead atoms. The number of fused-ring (bicyclic) bond motifs is 1. The zero-order valence-electron chi connectivity index (χ0n) is 9.05. The van der Waals surface area contributed by atoms with Gasteiger partial charge in [-0.3, -0.25) is 10.9 Å². The maximum atomic E-state index is 5.11. The quantitative estimate of drug-likeness (QED) is 0.324. The van der Waals surface area contributed by atoms with E-state index in [0.717, 1.165) is 10.9 Å². The fourth-order valence-corrected chi connectivity index (χ4v) is 1.61. The maximum Gasteiger partial charge on any atom is 0.201 e. The van der Waals surface area contributed by atoms with Crippen molar-refractivity contribution in [2.75, 3.05) is 0 Å². The van der Waals surface area contributed by atoms with E-state index >= 15 is 0 Å². The number of hydrazine groups is 1. The predicted molar refractivity (Wildman–Crippen MR) is 74.6 cm³/mol. The number of hydrogen-bond donors (Lipinski definition) is 3. The number of nitrogens with zero attached hydrogens (tertiary/aromatic N) is 1. The summed E-state index contributed by atoms with van der Waals surface area (Å²) in [5.41, 5.74) is 5.93. The van der Waals surface area contributed by atoms with Crippen molar-refractivity contribution in [2.24, 2.45) is 10.9 Å². The molecule has 0 fully saturated rings. The van der Waals surface area contributed by atoms with Crippen LogP contribution < -0.4 is 16.7 Å². The highest BCUT2D eigenvalue weighted by Gasteiger charge is 1.96. The Balaban J connectivity index is 2.27. The summed E-state index contributed by atoms with van der Waals surface area (Å²) in [6.45, 7) is 0.